The van der Waals surface area contributed by atoms with Crippen molar-refractivity contribution in [2.75, 3.05) is 0 Å². The Hall–Kier alpha value is -3.14. The molecule has 1 aliphatic heterocycles. The van der Waals surface area contributed by atoms with Crippen LogP contribution in [-0.4, -0.2) is 34.6 Å². The lowest BCUT2D eigenvalue weighted by atomic mass is 10.0. The third kappa shape index (κ3) is 5.27. The van der Waals surface area contributed by atoms with E-state index in [4.69, 9.17) is 4.84 Å². The van der Waals surface area contributed by atoms with Gasteiger partial charge in [-0.1, -0.05) is 55.8 Å². The fourth-order valence-electron chi connectivity index (χ4n) is 3.80. The normalized spacial score (nSPS) is 16.2. The molecule has 0 radical (unpaired) electrons. The van der Waals surface area contributed by atoms with E-state index < -0.39 is 22.0 Å². The topological polar surface area (TPSA) is 101 Å². The van der Waals surface area contributed by atoms with E-state index in [0.717, 1.165) is 24.0 Å². The van der Waals surface area contributed by atoms with Crippen molar-refractivity contribution in [1.82, 2.24) is 19.8 Å². The number of nitrogens with one attached hydrogen (secondary N) is 1. The number of aromatic nitrogens is 2. The highest BCUT2D eigenvalue weighted by molar-refractivity contribution is 7.89. The number of rotatable bonds is 8. The fraction of sp³-hybridized carbons (Fsp3) is 0.292. The zero-order valence-corrected chi connectivity index (χ0v) is 19.2. The molecule has 1 amide bonds. The summed E-state index contributed by atoms with van der Waals surface area (Å²) in [5.74, 6) is -0.548. The maximum Gasteiger partial charge on any atom is 0.262 e. The highest BCUT2D eigenvalue weighted by Gasteiger charge is 2.40. The molecule has 2 heterocycles. The predicted octanol–water partition coefficient (Wildman–Crippen LogP) is 2.79. The maximum atomic E-state index is 13.5. The molecule has 2 aromatic carbocycles. The van der Waals surface area contributed by atoms with Gasteiger partial charge in [0.05, 0.1) is 29.4 Å². The van der Waals surface area contributed by atoms with Gasteiger partial charge in [0.25, 0.3) is 5.91 Å². The molecule has 4 rings (SSSR count). The first-order valence-electron chi connectivity index (χ1n) is 10.8. The summed E-state index contributed by atoms with van der Waals surface area (Å²) < 4.78 is 28.2. The second-order valence-electron chi connectivity index (χ2n) is 7.85. The molecule has 1 aliphatic rings. The number of hydroxylamine groups is 1. The molecule has 1 atom stereocenters. The summed E-state index contributed by atoms with van der Waals surface area (Å²) in [4.78, 5) is 27.1. The van der Waals surface area contributed by atoms with Gasteiger partial charge in [-0.05, 0) is 29.7 Å². The number of nitrogens with zero attached hydrogens (tertiary/aromatic N) is 3. The van der Waals surface area contributed by atoms with Crippen LogP contribution < -0.4 is 5.48 Å². The number of amides is 1. The minimum Gasteiger partial charge on any atom is -0.271 e. The fourth-order valence-corrected chi connectivity index (χ4v) is 5.35. The van der Waals surface area contributed by atoms with Crippen molar-refractivity contribution in [3.63, 3.8) is 0 Å². The Morgan fingerprint density at radius 3 is 2.42 bits per heavy atom. The lowest BCUT2D eigenvalue weighted by Gasteiger charge is -2.33. The first-order chi connectivity index (χ1) is 16.0. The number of aryl methyl sites for hydroxylation is 1. The van der Waals surface area contributed by atoms with Crippen LogP contribution in [-0.2, 0) is 45.6 Å². The zero-order chi connectivity index (χ0) is 23.3. The van der Waals surface area contributed by atoms with Gasteiger partial charge in [-0.15, -0.1) is 0 Å². The highest BCUT2D eigenvalue weighted by atomic mass is 32.2. The molecule has 0 spiro atoms. The van der Waals surface area contributed by atoms with Crippen LogP contribution in [0.3, 0.4) is 0 Å². The van der Waals surface area contributed by atoms with Crippen LogP contribution in [0.15, 0.2) is 71.9 Å². The van der Waals surface area contributed by atoms with Crippen molar-refractivity contribution in [2.45, 2.75) is 50.3 Å². The lowest BCUT2D eigenvalue weighted by molar-refractivity contribution is -0.139. The largest absolute Gasteiger partial charge is 0.271 e. The predicted molar refractivity (Wildman–Crippen MR) is 122 cm³/mol. The van der Waals surface area contributed by atoms with Crippen LogP contribution in [0.2, 0.25) is 0 Å². The van der Waals surface area contributed by atoms with E-state index in [-0.39, 0.29) is 24.5 Å². The highest BCUT2D eigenvalue weighted by Crippen LogP contribution is 2.27. The summed E-state index contributed by atoms with van der Waals surface area (Å²) in [6, 6.07) is 15.2. The van der Waals surface area contributed by atoms with E-state index in [9.17, 15) is 13.2 Å². The van der Waals surface area contributed by atoms with Crippen molar-refractivity contribution < 1.29 is 18.0 Å². The van der Waals surface area contributed by atoms with Gasteiger partial charge in [0, 0.05) is 18.8 Å². The second kappa shape index (κ2) is 10.2. The minimum atomic E-state index is -3.96. The van der Waals surface area contributed by atoms with Crippen LogP contribution in [0.1, 0.15) is 35.9 Å². The summed E-state index contributed by atoms with van der Waals surface area (Å²) in [5, 5.41) is 0. The van der Waals surface area contributed by atoms with E-state index in [1.165, 1.54) is 16.7 Å². The minimum absolute atomic E-state index is 0.0427. The zero-order valence-electron chi connectivity index (χ0n) is 18.3. The molecule has 9 heteroatoms. The second-order valence-corrected chi connectivity index (χ2v) is 9.75. The molecule has 0 saturated carbocycles. The van der Waals surface area contributed by atoms with E-state index in [1.807, 2.05) is 42.5 Å². The number of carbonyl (C=O) groups is 1. The van der Waals surface area contributed by atoms with Crippen LogP contribution in [0, 0.1) is 0 Å². The smallest absolute Gasteiger partial charge is 0.262 e. The summed E-state index contributed by atoms with van der Waals surface area (Å²) >= 11 is 0. The van der Waals surface area contributed by atoms with Gasteiger partial charge in [-0.25, -0.2) is 13.9 Å². The molecule has 0 aliphatic carbocycles. The summed E-state index contributed by atoms with van der Waals surface area (Å²) in [6.07, 6.45) is 5.01. The van der Waals surface area contributed by atoms with Crippen LogP contribution in [0.4, 0.5) is 0 Å². The van der Waals surface area contributed by atoms with Crippen molar-refractivity contribution in [1.29, 1.82) is 0 Å². The Bertz CT molecular complexity index is 1200. The van der Waals surface area contributed by atoms with Crippen LogP contribution in [0.25, 0.3) is 0 Å². The molecular formula is C24H26N4O4S. The number of benzene rings is 2. The first kappa shape index (κ1) is 23.0. The molecule has 172 valence electrons. The average molecular weight is 467 g/mol. The number of hydrogen-bond donors (Lipinski definition) is 1. The summed E-state index contributed by atoms with van der Waals surface area (Å²) in [7, 11) is -3.96. The Morgan fingerprint density at radius 1 is 1.03 bits per heavy atom. The molecule has 33 heavy (non-hydrogen) atoms. The molecule has 0 bridgehead atoms. The van der Waals surface area contributed by atoms with Crippen molar-refractivity contribution >= 4 is 15.9 Å². The van der Waals surface area contributed by atoms with Gasteiger partial charge in [0.1, 0.15) is 6.04 Å². The number of sulfonamides is 1. The summed E-state index contributed by atoms with van der Waals surface area (Å²) in [5.41, 5.74) is 5.51. The van der Waals surface area contributed by atoms with Gasteiger partial charge in [0.2, 0.25) is 10.0 Å². The van der Waals surface area contributed by atoms with Crippen LogP contribution in [0.5, 0.6) is 0 Å². The van der Waals surface area contributed by atoms with Crippen molar-refractivity contribution in [3.05, 3.63) is 89.5 Å². The molecule has 1 unspecified atom stereocenters. The molecule has 0 fully saturated rings. The van der Waals surface area contributed by atoms with Gasteiger partial charge >= 0.3 is 0 Å². The summed E-state index contributed by atoms with van der Waals surface area (Å²) in [6.45, 7) is 2.19. The Labute approximate surface area is 193 Å². The monoisotopic (exact) mass is 466 g/mol. The molecule has 0 saturated heterocycles. The SMILES string of the molecule is CCCc1ccc(S(=O)(=O)N2Cc3nccnc3CC2C(=O)NOCc2ccccc2)cc1. The molecule has 3 aromatic rings. The number of hydrogen-bond acceptors (Lipinski definition) is 6. The Kier molecular flexibility index (Phi) is 7.12. The van der Waals surface area contributed by atoms with Gasteiger partial charge in [0.15, 0.2) is 0 Å². The molecule has 8 nitrogen and oxygen atoms in total. The standard InChI is InChI=1S/C24H26N4O4S/c1-2-6-18-9-11-20(12-10-18)33(30,31)28-16-22-21(25-13-14-26-22)15-23(28)24(29)27-32-17-19-7-4-3-5-8-19/h3-5,7-14,23H,2,6,15-17H2,1H3,(H,27,29). The first-order valence-corrected chi connectivity index (χ1v) is 12.3. The molecule has 1 N–H and O–H groups in total. The average Bonchev–Trinajstić information content (AvgIpc) is 2.84. The quantitative estimate of drug-likeness (QED) is 0.512. The number of fused-ring (bicyclic) bond motifs is 1. The third-order valence-corrected chi connectivity index (χ3v) is 7.40. The van der Waals surface area contributed by atoms with E-state index in [0.29, 0.717) is 11.4 Å². The van der Waals surface area contributed by atoms with Crippen molar-refractivity contribution in [2.24, 2.45) is 0 Å². The number of carbonyl (C=O) groups excluding carboxylic acids is 1. The molecular weight excluding hydrogens is 440 g/mol. The van der Waals surface area contributed by atoms with E-state index >= 15 is 0 Å². The van der Waals surface area contributed by atoms with Gasteiger partial charge < -0.3 is 0 Å². The maximum absolute atomic E-state index is 13.5. The van der Waals surface area contributed by atoms with Crippen LogP contribution >= 0.6 is 0 Å². The van der Waals surface area contributed by atoms with E-state index in [1.54, 1.807) is 12.1 Å². The van der Waals surface area contributed by atoms with Gasteiger partial charge in [-0.3, -0.25) is 19.6 Å². The Balaban J connectivity index is 1.57. The lowest BCUT2D eigenvalue weighted by Crippen LogP contribution is -2.52. The Morgan fingerprint density at radius 2 is 1.73 bits per heavy atom. The van der Waals surface area contributed by atoms with Crippen molar-refractivity contribution in [3.8, 4) is 0 Å². The molecule has 1 aromatic heterocycles. The third-order valence-electron chi connectivity index (χ3n) is 5.53. The van der Waals surface area contributed by atoms with E-state index in [2.05, 4.69) is 22.4 Å². The van der Waals surface area contributed by atoms with Gasteiger partial charge in [-0.2, -0.15) is 4.31 Å².